The van der Waals surface area contributed by atoms with Crippen LogP contribution in [-0.4, -0.2) is 18.7 Å². The fraction of sp³-hybridized carbons (Fsp3) is 0.143. The molecule has 5 heterocycles. The Bertz CT molecular complexity index is 4770. The maximum absolute atomic E-state index is 6.01. The number of anilines is 10. The van der Waals surface area contributed by atoms with Crippen molar-refractivity contribution in [2.45, 2.75) is 92.7 Å². The van der Waals surface area contributed by atoms with Crippen molar-refractivity contribution in [1.29, 1.82) is 0 Å². The van der Waals surface area contributed by atoms with Gasteiger partial charge in [-0.15, -0.1) is 0 Å². The van der Waals surface area contributed by atoms with Gasteiger partial charge in [0.25, 0.3) is 0 Å². The topological polar surface area (TPSA) is 36.4 Å². The van der Waals surface area contributed by atoms with Gasteiger partial charge >= 0.3 is 0 Å². The lowest BCUT2D eigenvalue weighted by molar-refractivity contribution is 0.475. The van der Waals surface area contributed by atoms with Gasteiger partial charge in [-0.25, -0.2) is 0 Å². The molecule has 0 unspecified atom stereocenters. The van der Waals surface area contributed by atoms with E-state index in [9.17, 15) is 0 Å². The summed E-state index contributed by atoms with van der Waals surface area (Å²) in [6.07, 6.45) is 0. The number of nitrogens with zero attached hydrogens (tertiary/aromatic N) is 5. The summed E-state index contributed by atoms with van der Waals surface area (Å²) in [6, 6.07) is 107. The van der Waals surface area contributed by atoms with Crippen LogP contribution in [0.3, 0.4) is 0 Å². The summed E-state index contributed by atoms with van der Waals surface area (Å²) >= 11 is 3.69. The van der Waals surface area contributed by atoms with Crippen LogP contribution in [0.5, 0.6) is 23.0 Å². The van der Waals surface area contributed by atoms with E-state index >= 15 is 0 Å². The molecule has 1 aromatic heterocycles. The number of para-hydroxylation sites is 12. The lowest BCUT2D eigenvalue weighted by Crippen LogP contribution is -2.15. The van der Waals surface area contributed by atoms with Crippen LogP contribution >= 0.6 is 23.5 Å². The van der Waals surface area contributed by atoms with E-state index in [0.717, 1.165) is 51.4 Å². The lowest BCUT2D eigenvalue weighted by atomic mass is 9.85. The van der Waals surface area contributed by atoms with Crippen LogP contribution in [-0.2, 0) is 10.8 Å². The molecular formula is C91H83N5O2S2. The molecule has 18 rings (SSSR count). The van der Waals surface area contributed by atoms with E-state index in [2.05, 4.69) is 331 Å². The molecule has 0 atom stereocenters. The minimum Gasteiger partial charge on any atom is -0.453 e. The normalized spacial score (nSPS) is 12.8. The molecular weight excluding hydrogens is 1260 g/mol. The SMILES string of the molecule is CN1c2ccccc2Oc2ccccc21.CN1c2ccccc2Sc2ccccc21.Cc1ccc(-n2c3ccc(C(C)(C)C)cc3c3cc(C(C)(C)C)ccc32)cc1.Cc1ccc(N2c3ccccc3Oc3ccccc32)cc1.Cc1ccc(N2c3ccccc3Sc3ccccc32)cc1. The first-order chi connectivity index (χ1) is 48.4. The van der Waals surface area contributed by atoms with E-state index in [0.29, 0.717) is 0 Å². The fourth-order valence-electron chi connectivity index (χ4n) is 13.1. The minimum absolute atomic E-state index is 0.133. The molecule has 100 heavy (non-hydrogen) atoms. The number of fused-ring (bicyclic) bond motifs is 11. The van der Waals surface area contributed by atoms with E-state index in [1.54, 1.807) is 0 Å². The summed E-state index contributed by atoms with van der Waals surface area (Å²) < 4.78 is 14.2. The van der Waals surface area contributed by atoms with Gasteiger partial charge in [-0.2, -0.15) is 0 Å². The van der Waals surface area contributed by atoms with Crippen molar-refractivity contribution >= 4 is 102 Å². The van der Waals surface area contributed by atoms with Crippen LogP contribution in [0.25, 0.3) is 27.5 Å². The van der Waals surface area contributed by atoms with Crippen molar-refractivity contribution in [3.8, 4) is 28.7 Å². The van der Waals surface area contributed by atoms with Gasteiger partial charge in [0.1, 0.15) is 0 Å². The number of ether oxygens (including phenoxy) is 2. The number of benzene rings is 13. The molecule has 13 aromatic carbocycles. The highest BCUT2D eigenvalue weighted by molar-refractivity contribution is 8.00. The van der Waals surface area contributed by atoms with Crippen LogP contribution < -0.4 is 29.1 Å². The molecule has 0 radical (unpaired) electrons. The summed E-state index contributed by atoms with van der Waals surface area (Å²) in [5.41, 5.74) is 22.4. The van der Waals surface area contributed by atoms with Crippen molar-refractivity contribution in [2.75, 3.05) is 33.7 Å². The van der Waals surface area contributed by atoms with Gasteiger partial charge in [0.05, 0.1) is 56.5 Å². The number of aryl methyl sites for hydroxylation is 3. The monoisotopic (exact) mass is 1340 g/mol. The maximum Gasteiger partial charge on any atom is 0.151 e. The van der Waals surface area contributed by atoms with Gasteiger partial charge in [0.15, 0.2) is 23.0 Å². The zero-order chi connectivity index (χ0) is 69.2. The third-order valence-corrected chi connectivity index (χ3v) is 20.8. The predicted molar refractivity (Wildman–Crippen MR) is 425 cm³/mol. The van der Waals surface area contributed by atoms with E-state index in [1.807, 2.05) is 96.3 Å². The molecule has 9 heteroatoms. The fourth-order valence-corrected chi connectivity index (χ4v) is 15.3. The molecule has 14 aromatic rings. The number of rotatable bonds is 3. The second kappa shape index (κ2) is 28.2. The van der Waals surface area contributed by atoms with Crippen molar-refractivity contribution in [1.82, 2.24) is 4.57 Å². The Morgan fingerprint density at radius 3 is 0.900 bits per heavy atom. The van der Waals surface area contributed by atoms with Gasteiger partial charge in [0, 0.05) is 61.5 Å². The first-order valence-electron chi connectivity index (χ1n) is 34.2. The molecule has 7 nitrogen and oxygen atoms in total. The molecule has 4 aliphatic rings. The van der Waals surface area contributed by atoms with Crippen LogP contribution in [0.1, 0.15) is 69.4 Å². The Morgan fingerprint density at radius 1 is 0.270 bits per heavy atom. The molecule has 0 fully saturated rings. The summed E-state index contributed by atoms with van der Waals surface area (Å²) in [6.45, 7) is 20.1. The van der Waals surface area contributed by atoms with Crippen molar-refractivity contribution < 1.29 is 9.47 Å². The molecule has 496 valence electrons. The summed E-state index contributed by atoms with van der Waals surface area (Å²) in [4.78, 5) is 14.3. The Hall–Kier alpha value is -10.8. The molecule has 0 spiro atoms. The zero-order valence-electron chi connectivity index (χ0n) is 58.7. The van der Waals surface area contributed by atoms with Crippen molar-refractivity contribution in [3.63, 3.8) is 0 Å². The smallest absolute Gasteiger partial charge is 0.151 e. The highest BCUT2D eigenvalue weighted by Crippen LogP contribution is 2.53. The standard InChI is InChI=1S/C27H31N.C19H15NO.C19H15NS.C13H11NO.C13H11NS/c1-18-8-12-21(13-9-18)28-24-14-10-19(26(2,3)4)16-22(24)23-17-20(27(5,6)7)11-15-25(23)28;2*1-14-10-12-15(13-11-14)20-16-6-2-4-8-18(16)21-19-9-5-3-7-17(19)20;2*1-14-10-6-2-4-8-12(10)15-13-9-5-3-7-11(13)14/h8-17H,1-7H3;2*2-13H,1H3;2*2-9H,1H3. The average molecular weight is 1340 g/mol. The van der Waals surface area contributed by atoms with Gasteiger partial charge in [-0.3, -0.25) is 0 Å². The van der Waals surface area contributed by atoms with Crippen LogP contribution in [0.4, 0.5) is 56.9 Å². The van der Waals surface area contributed by atoms with E-state index in [1.165, 1.54) is 103 Å². The lowest BCUT2D eigenvalue weighted by Gasteiger charge is -2.32. The number of hydrogen-bond donors (Lipinski definition) is 0. The first-order valence-corrected chi connectivity index (χ1v) is 35.9. The van der Waals surface area contributed by atoms with E-state index < -0.39 is 0 Å². The molecule has 0 saturated carbocycles. The van der Waals surface area contributed by atoms with Crippen molar-refractivity contribution in [2.24, 2.45) is 0 Å². The molecule has 0 saturated heterocycles. The van der Waals surface area contributed by atoms with Crippen LogP contribution in [0.15, 0.2) is 323 Å². The first kappa shape index (κ1) is 66.4. The van der Waals surface area contributed by atoms with Gasteiger partial charge in [-0.1, -0.05) is 227 Å². The largest absolute Gasteiger partial charge is 0.453 e. The maximum atomic E-state index is 6.01. The Labute approximate surface area is 598 Å². The Morgan fingerprint density at radius 2 is 0.540 bits per heavy atom. The Balaban J connectivity index is 0.000000108. The van der Waals surface area contributed by atoms with Crippen LogP contribution in [0, 0.1) is 20.8 Å². The third kappa shape index (κ3) is 13.7. The summed E-state index contributed by atoms with van der Waals surface area (Å²) in [5.74, 6) is 3.60. The second-order valence-electron chi connectivity index (χ2n) is 27.7. The van der Waals surface area contributed by atoms with E-state index in [-0.39, 0.29) is 10.8 Å². The van der Waals surface area contributed by atoms with Crippen molar-refractivity contribution in [3.05, 3.63) is 331 Å². The Kier molecular flexibility index (Phi) is 18.7. The quantitative estimate of drug-likeness (QED) is 0.173. The van der Waals surface area contributed by atoms with Gasteiger partial charge < -0.3 is 33.6 Å². The number of hydrogen-bond acceptors (Lipinski definition) is 8. The third-order valence-electron chi connectivity index (χ3n) is 18.6. The summed E-state index contributed by atoms with van der Waals surface area (Å²) in [7, 11) is 4.18. The second-order valence-corrected chi connectivity index (χ2v) is 29.9. The number of aromatic nitrogens is 1. The molecule has 0 amide bonds. The van der Waals surface area contributed by atoms with Crippen LogP contribution in [0.2, 0.25) is 0 Å². The van der Waals surface area contributed by atoms with E-state index in [4.69, 9.17) is 9.47 Å². The van der Waals surface area contributed by atoms with Gasteiger partial charge in [0.2, 0.25) is 0 Å². The molecule has 4 aliphatic heterocycles. The summed E-state index contributed by atoms with van der Waals surface area (Å²) in [5, 5.41) is 2.68. The minimum atomic E-state index is 0.133. The van der Waals surface area contributed by atoms with Gasteiger partial charge in [-0.05, 0) is 200 Å². The zero-order valence-corrected chi connectivity index (χ0v) is 60.4. The average Bonchev–Trinajstić information content (AvgIpc) is 1.54. The highest BCUT2D eigenvalue weighted by atomic mass is 32.2. The molecule has 0 bridgehead atoms. The predicted octanol–water partition coefficient (Wildman–Crippen LogP) is 26.7. The molecule has 0 aliphatic carbocycles. The molecule has 0 N–H and O–H groups in total. The highest BCUT2D eigenvalue weighted by Gasteiger charge is 2.28.